The molecule has 0 saturated heterocycles. The van der Waals surface area contributed by atoms with Crippen LogP contribution in [0, 0.1) is 5.92 Å². The molecular weight excluding hydrogens is 230 g/mol. The molecule has 1 atom stereocenters. The Kier molecular flexibility index (Phi) is 6.22. The van der Waals surface area contributed by atoms with Crippen LogP contribution in [0.3, 0.4) is 0 Å². The topological polar surface area (TPSA) is 58.6 Å². The van der Waals surface area contributed by atoms with Crippen LogP contribution in [0.4, 0.5) is 0 Å². The molecule has 4 heteroatoms. The fraction of sp³-hybridized carbons (Fsp3) is 0.500. The standard InChI is InChI=1S/C14H21NO3/c1-3-4-7-12(14(16)15-17)9-11-6-5-8-13(10-11)18-2/h5-6,8,10,12,17H,3-4,7,9H2,1-2H3,(H,15,16). The van der Waals surface area contributed by atoms with Crippen LogP contribution in [-0.2, 0) is 11.2 Å². The molecule has 0 heterocycles. The zero-order chi connectivity index (χ0) is 13.4. The van der Waals surface area contributed by atoms with Crippen molar-refractivity contribution in [2.75, 3.05) is 7.11 Å². The summed E-state index contributed by atoms with van der Waals surface area (Å²) in [7, 11) is 1.62. The number of hydroxylamine groups is 1. The number of rotatable bonds is 7. The van der Waals surface area contributed by atoms with E-state index in [2.05, 4.69) is 6.92 Å². The second-order valence-corrected chi connectivity index (χ2v) is 4.37. The van der Waals surface area contributed by atoms with Gasteiger partial charge in [0.15, 0.2) is 0 Å². The van der Waals surface area contributed by atoms with Crippen molar-refractivity contribution < 1.29 is 14.7 Å². The quantitative estimate of drug-likeness (QED) is 0.578. The summed E-state index contributed by atoms with van der Waals surface area (Å²) in [5.74, 6) is 0.277. The van der Waals surface area contributed by atoms with Gasteiger partial charge in [-0.2, -0.15) is 0 Å². The van der Waals surface area contributed by atoms with E-state index in [9.17, 15) is 4.79 Å². The number of hydrogen-bond acceptors (Lipinski definition) is 3. The summed E-state index contributed by atoms with van der Waals surface area (Å²) in [5.41, 5.74) is 2.79. The van der Waals surface area contributed by atoms with Crippen LogP contribution in [0.15, 0.2) is 24.3 Å². The number of carbonyl (C=O) groups excluding carboxylic acids is 1. The first kappa shape index (κ1) is 14.5. The molecule has 2 N–H and O–H groups in total. The van der Waals surface area contributed by atoms with E-state index in [1.54, 1.807) is 12.6 Å². The number of methoxy groups -OCH3 is 1. The van der Waals surface area contributed by atoms with Crippen LogP contribution < -0.4 is 10.2 Å². The van der Waals surface area contributed by atoms with Gasteiger partial charge < -0.3 is 4.74 Å². The summed E-state index contributed by atoms with van der Waals surface area (Å²) >= 11 is 0. The van der Waals surface area contributed by atoms with Crippen LogP contribution in [-0.4, -0.2) is 18.2 Å². The number of ether oxygens (including phenoxy) is 1. The summed E-state index contributed by atoms with van der Waals surface area (Å²) in [6.07, 6.45) is 3.40. The zero-order valence-corrected chi connectivity index (χ0v) is 11.0. The number of benzene rings is 1. The Balaban J connectivity index is 2.71. The third kappa shape index (κ3) is 4.37. The SMILES string of the molecule is CCCCC(Cc1cccc(OC)c1)C(=O)NO. The van der Waals surface area contributed by atoms with E-state index in [-0.39, 0.29) is 11.8 Å². The highest BCUT2D eigenvalue weighted by Gasteiger charge is 2.18. The maximum atomic E-state index is 11.6. The molecule has 0 aliphatic rings. The second kappa shape index (κ2) is 7.71. The lowest BCUT2D eigenvalue weighted by Crippen LogP contribution is -2.29. The van der Waals surface area contributed by atoms with Crippen molar-refractivity contribution in [3.8, 4) is 5.75 Å². The normalized spacial score (nSPS) is 11.9. The molecule has 100 valence electrons. The van der Waals surface area contributed by atoms with Gasteiger partial charge in [-0.15, -0.1) is 0 Å². The van der Waals surface area contributed by atoms with Crippen molar-refractivity contribution in [2.24, 2.45) is 5.92 Å². The minimum absolute atomic E-state index is 0.193. The summed E-state index contributed by atoms with van der Waals surface area (Å²) in [4.78, 5) is 11.6. The van der Waals surface area contributed by atoms with Crippen molar-refractivity contribution in [2.45, 2.75) is 32.6 Å². The number of carbonyl (C=O) groups is 1. The fourth-order valence-electron chi connectivity index (χ4n) is 1.95. The van der Waals surface area contributed by atoms with Crippen LogP contribution in [0.2, 0.25) is 0 Å². The number of nitrogens with one attached hydrogen (secondary N) is 1. The lowest BCUT2D eigenvalue weighted by molar-refractivity contribution is -0.133. The van der Waals surface area contributed by atoms with E-state index in [0.29, 0.717) is 6.42 Å². The average Bonchev–Trinajstić information content (AvgIpc) is 2.42. The van der Waals surface area contributed by atoms with Gasteiger partial charge in [-0.3, -0.25) is 10.0 Å². The first-order valence-corrected chi connectivity index (χ1v) is 6.28. The van der Waals surface area contributed by atoms with Crippen LogP contribution in [0.1, 0.15) is 31.7 Å². The molecule has 1 unspecified atom stereocenters. The molecule has 0 aliphatic carbocycles. The number of unbranched alkanes of at least 4 members (excludes halogenated alkanes) is 1. The summed E-state index contributed by atoms with van der Waals surface area (Å²) in [5, 5.41) is 8.76. The maximum Gasteiger partial charge on any atom is 0.246 e. The Morgan fingerprint density at radius 2 is 2.28 bits per heavy atom. The van der Waals surface area contributed by atoms with E-state index >= 15 is 0 Å². The number of amides is 1. The van der Waals surface area contributed by atoms with Crippen LogP contribution in [0.25, 0.3) is 0 Å². The molecule has 0 aromatic heterocycles. The maximum absolute atomic E-state index is 11.6. The van der Waals surface area contributed by atoms with Gasteiger partial charge in [0.2, 0.25) is 5.91 Å². The Morgan fingerprint density at radius 3 is 2.89 bits per heavy atom. The lowest BCUT2D eigenvalue weighted by atomic mass is 9.93. The molecule has 0 spiro atoms. The van der Waals surface area contributed by atoms with Crippen LogP contribution in [0.5, 0.6) is 5.75 Å². The minimum Gasteiger partial charge on any atom is -0.497 e. The molecule has 0 aliphatic heterocycles. The van der Waals surface area contributed by atoms with E-state index in [0.717, 1.165) is 30.6 Å². The third-order valence-corrected chi connectivity index (χ3v) is 3.00. The predicted molar refractivity (Wildman–Crippen MR) is 69.6 cm³/mol. The predicted octanol–water partition coefficient (Wildman–Crippen LogP) is 2.55. The van der Waals surface area contributed by atoms with Gasteiger partial charge in [-0.25, -0.2) is 5.48 Å². The monoisotopic (exact) mass is 251 g/mol. The van der Waals surface area contributed by atoms with Crippen LogP contribution >= 0.6 is 0 Å². The lowest BCUT2D eigenvalue weighted by Gasteiger charge is -2.14. The zero-order valence-electron chi connectivity index (χ0n) is 11.0. The van der Waals surface area contributed by atoms with E-state index < -0.39 is 0 Å². The highest BCUT2D eigenvalue weighted by atomic mass is 16.5. The smallest absolute Gasteiger partial charge is 0.246 e. The molecule has 1 rings (SSSR count). The first-order chi connectivity index (χ1) is 8.71. The van der Waals surface area contributed by atoms with Crippen molar-refractivity contribution >= 4 is 5.91 Å². The molecule has 1 aromatic rings. The fourth-order valence-corrected chi connectivity index (χ4v) is 1.95. The summed E-state index contributed by atoms with van der Waals surface area (Å²) in [6, 6.07) is 7.66. The third-order valence-electron chi connectivity index (χ3n) is 3.00. The Labute approximate surface area is 108 Å². The van der Waals surface area contributed by atoms with Crippen molar-refractivity contribution in [1.82, 2.24) is 5.48 Å². The Morgan fingerprint density at radius 1 is 1.50 bits per heavy atom. The minimum atomic E-state index is -0.314. The van der Waals surface area contributed by atoms with Crippen molar-refractivity contribution in [1.29, 1.82) is 0 Å². The molecule has 18 heavy (non-hydrogen) atoms. The number of hydrogen-bond donors (Lipinski definition) is 2. The molecule has 0 bridgehead atoms. The molecule has 0 fully saturated rings. The van der Waals surface area contributed by atoms with Gasteiger partial charge in [0, 0.05) is 5.92 Å². The molecule has 0 radical (unpaired) electrons. The first-order valence-electron chi connectivity index (χ1n) is 6.28. The molecule has 4 nitrogen and oxygen atoms in total. The molecule has 1 aromatic carbocycles. The highest BCUT2D eigenvalue weighted by molar-refractivity contribution is 5.77. The van der Waals surface area contributed by atoms with Gasteiger partial charge in [0.1, 0.15) is 5.75 Å². The van der Waals surface area contributed by atoms with Gasteiger partial charge >= 0.3 is 0 Å². The van der Waals surface area contributed by atoms with E-state index in [4.69, 9.17) is 9.94 Å². The summed E-state index contributed by atoms with van der Waals surface area (Å²) < 4.78 is 5.15. The summed E-state index contributed by atoms with van der Waals surface area (Å²) in [6.45, 7) is 2.08. The molecule has 0 saturated carbocycles. The van der Waals surface area contributed by atoms with Crippen molar-refractivity contribution in [3.63, 3.8) is 0 Å². The Bertz CT molecular complexity index is 379. The largest absolute Gasteiger partial charge is 0.497 e. The Hall–Kier alpha value is -1.55. The highest BCUT2D eigenvalue weighted by Crippen LogP contribution is 2.19. The van der Waals surface area contributed by atoms with E-state index in [1.165, 1.54) is 0 Å². The molecular formula is C14H21NO3. The van der Waals surface area contributed by atoms with Gasteiger partial charge in [0.25, 0.3) is 0 Å². The van der Waals surface area contributed by atoms with Gasteiger partial charge in [-0.1, -0.05) is 31.9 Å². The van der Waals surface area contributed by atoms with E-state index in [1.807, 2.05) is 24.3 Å². The van der Waals surface area contributed by atoms with Gasteiger partial charge in [-0.05, 0) is 30.5 Å². The molecule has 1 amide bonds. The second-order valence-electron chi connectivity index (χ2n) is 4.37. The van der Waals surface area contributed by atoms with Crippen molar-refractivity contribution in [3.05, 3.63) is 29.8 Å². The average molecular weight is 251 g/mol. The van der Waals surface area contributed by atoms with Gasteiger partial charge in [0.05, 0.1) is 7.11 Å².